The first kappa shape index (κ1) is 28.9. The fourth-order valence-electron chi connectivity index (χ4n) is 7.78. The van der Waals surface area contributed by atoms with Crippen LogP contribution in [0.25, 0.3) is 93.5 Å². The fourth-order valence-corrected chi connectivity index (χ4v) is 7.78. The Morgan fingerprint density at radius 3 is 1.84 bits per heavy atom. The Morgan fingerprint density at radius 2 is 1.14 bits per heavy atom. The third-order valence-electron chi connectivity index (χ3n) is 10.1. The van der Waals surface area contributed by atoms with Crippen molar-refractivity contribution in [1.82, 2.24) is 14.5 Å². The molecule has 0 unspecified atom stereocenters. The minimum Gasteiger partial charge on any atom is -0.309 e. The summed E-state index contributed by atoms with van der Waals surface area (Å²) in [5.74, 6) is 0. The van der Waals surface area contributed by atoms with Gasteiger partial charge in [-0.15, -0.1) is 0 Å². The molecule has 0 radical (unpaired) electrons. The minimum absolute atomic E-state index is 0.641. The van der Waals surface area contributed by atoms with Gasteiger partial charge in [-0.3, -0.25) is 4.98 Å². The average molecular weight is 649 g/mol. The SMILES string of the molecule is N#Cc1ccc2c(c1)c1cc(-c3c4ccccc4c(-c4ccc5ccccc5n4)c4ccccc34)ccc1n2-c1ccc(-c2cccnc2)cc1. The van der Waals surface area contributed by atoms with Crippen LogP contribution in [0.4, 0.5) is 0 Å². The Bertz CT molecular complexity index is 2970. The molecule has 0 saturated carbocycles. The summed E-state index contributed by atoms with van der Waals surface area (Å²) in [7, 11) is 0. The second kappa shape index (κ2) is 11.5. The summed E-state index contributed by atoms with van der Waals surface area (Å²) in [5, 5.41) is 17.9. The van der Waals surface area contributed by atoms with Gasteiger partial charge < -0.3 is 4.57 Å². The highest BCUT2D eigenvalue weighted by Gasteiger charge is 2.20. The lowest BCUT2D eigenvalue weighted by Gasteiger charge is -2.17. The molecule has 0 spiro atoms. The second-order valence-electron chi connectivity index (χ2n) is 12.9. The van der Waals surface area contributed by atoms with Crippen molar-refractivity contribution in [2.24, 2.45) is 0 Å². The van der Waals surface area contributed by atoms with Crippen LogP contribution in [0.5, 0.6) is 0 Å². The predicted molar refractivity (Wildman–Crippen MR) is 210 cm³/mol. The zero-order valence-corrected chi connectivity index (χ0v) is 27.5. The molecule has 10 rings (SSSR count). The van der Waals surface area contributed by atoms with Crippen LogP contribution in [0.15, 0.2) is 170 Å². The Hall–Kier alpha value is -7.09. The summed E-state index contributed by atoms with van der Waals surface area (Å²) in [6, 6.07) is 57.8. The molecule has 0 N–H and O–H groups in total. The fraction of sp³-hybridized carbons (Fsp3) is 0. The molecule has 10 aromatic rings. The first-order chi connectivity index (χ1) is 25.2. The van der Waals surface area contributed by atoms with Gasteiger partial charge in [0.05, 0.1) is 33.9 Å². The third kappa shape index (κ3) is 4.60. The van der Waals surface area contributed by atoms with Crippen molar-refractivity contribution in [1.29, 1.82) is 5.26 Å². The molecule has 0 aliphatic heterocycles. The molecule has 0 atom stereocenters. The van der Waals surface area contributed by atoms with E-state index in [4.69, 9.17) is 4.98 Å². The molecule has 51 heavy (non-hydrogen) atoms. The lowest BCUT2D eigenvalue weighted by Crippen LogP contribution is -1.94. The number of rotatable bonds is 4. The van der Waals surface area contributed by atoms with Crippen molar-refractivity contribution < 1.29 is 0 Å². The van der Waals surface area contributed by atoms with Crippen LogP contribution in [-0.2, 0) is 0 Å². The smallest absolute Gasteiger partial charge is 0.0991 e. The van der Waals surface area contributed by atoms with Crippen LogP contribution in [0.3, 0.4) is 0 Å². The quantitative estimate of drug-likeness (QED) is 0.178. The molecular weight excluding hydrogens is 621 g/mol. The number of para-hydroxylation sites is 1. The zero-order chi connectivity index (χ0) is 33.9. The van der Waals surface area contributed by atoms with Crippen molar-refractivity contribution in [3.8, 4) is 45.3 Å². The van der Waals surface area contributed by atoms with E-state index >= 15 is 0 Å². The van der Waals surface area contributed by atoms with Crippen LogP contribution in [-0.4, -0.2) is 14.5 Å². The summed E-state index contributed by atoms with van der Waals surface area (Å²) in [5.41, 5.74) is 11.4. The van der Waals surface area contributed by atoms with Crippen LogP contribution >= 0.6 is 0 Å². The van der Waals surface area contributed by atoms with E-state index < -0.39 is 0 Å². The largest absolute Gasteiger partial charge is 0.309 e. The molecule has 0 saturated heterocycles. The maximum absolute atomic E-state index is 9.91. The van der Waals surface area contributed by atoms with Crippen molar-refractivity contribution in [2.75, 3.05) is 0 Å². The number of hydrogen-bond acceptors (Lipinski definition) is 3. The van der Waals surface area contributed by atoms with Gasteiger partial charge in [0.25, 0.3) is 0 Å². The number of aromatic nitrogens is 3. The van der Waals surface area contributed by atoms with Gasteiger partial charge in [0.2, 0.25) is 0 Å². The molecule has 0 bridgehead atoms. The molecule has 0 aliphatic rings. The average Bonchev–Trinajstić information content (AvgIpc) is 3.53. The topological polar surface area (TPSA) is 54.5 Å². The normalized spacial score (nSPS) is 11.5. The molecule has 3 heterocycles. The van der Waals surface area contributed by atoms with E-state index in [0.717, 1.165) is 77.1 Å². The maximum Gasteiger partial charge on any atom is 0.0991 e. The van der Waals surface area contributed by atoms with E-state index in [2.05, 4.69) is 149 Å². The standard InChI is InChI=1S/C47H28N4/c48-28-30-15-23-44-40(26-30)41-27-33(19-24-45(41)51(44)35-20-16-31(17-21-35)34-9-7-25-49-29-34)46-36-10-2-4-12-38(36)47(39-13-5-3-11-37(39)46)43-22-18-32-8-1-6-14-42(32)50-43/h1-27,29H. The summed E-state index contributed by atoms with van der Waals surface area (Å²) in [6.45, 7) is 0. The van der Waals surface area contributed by atoms with Gasteiger partial charge >= 0.3 is 0 Å². The summed E-state index contributed by atoms with van der Waals surface area (Å²) in [4.78, 5) is 9.46. The van der Waals surface area contributed by atoms with Crippen LogP contribution < -0.4 is 0 Å². The summed E-state index contributed by atoms with van der Waals surface area (Å²) < 4.78 is 2.30. The van der Waals surface area contributed by atoms with Crippen molar-refractivity contribution in [3.05, 3.63) is 176 Å². The monoisotopic (exact) mass is 648 g/mol. The lowest BCUT2D eigenvalue weighted by molar-refractivity contribution is 1.18. The van der Waals surface area contributed by atoms with Gasteiger partial charge in [-0.1, -0.05) is 97.1 Å². The van der Waals surface area contributed by atoms with Gasteiger partial charge in [-0.25, -0.2) is 4.98 Å². The summed E-state index contributed by atoms with van der Waals surface area (Å²) >= 11 is 0. The van der Waals surface area contributed by atoms with E-state index in [1.54, 1.807) is 6.20 Å². The summed E-state index contributed by atoms with van der Waals surface area (Å²) in [6.07, 6.45) is 3.68. The first-order valence-electron chi connectivity index (χ1n) is 17.0. The van der Waals surface area contributed by atoms with Crippen LogP contribution in [0.1, 0.15) is 5.56 Å². The molecule has 236 valence electrons. The van der Waals surface area contributed by atoms with Gasteiger partial charge in [0, 0.05) is 39.8 Å². The maximum atomic E-state index is 9.91. The first-order valence-corrected chi connectivity index (χ1v) is 17.0. The molecule has 0 amide bonds. The Balaban J connectivity index is 1.22. The Morgan fingerprint density at radius 1 is 0.490 bits per heavy atom. The van der Waals surface area contributed by atoms with Crippen LogP contribution in [0.2, 0.25) is 0 Å². The molecule has 0 aliphatic carbocycles. The van der Waals surface area contributed by atoms with Crippen molar-refractivity contribution in [2.45, 2.75) is 0 Å². The van der Waals surface area contributed by atoms with Gasteiger partial charge in [-0.05, 0) is 104 Å². The van der Waals surface area contributed by atoms with Crippen molar-refractivity contribution in [3.63, 3.8) is 0 Å². The highest BCUT2D eigenvalue weighted by Crippen LogP contribution is 2.45. The zero-order valence-electron chi connectivity index (χ0n) is 27.5. The Kier molecular flexibility index (Phi) is 6.52. The van der Waals surface area contributed by atoms with E-state index in [0.29, 0.717) is 5.56 Å². The molecule has 0 fully saturated rings. The third-order valence-corrected chi connectivity index (χ3v) is 10.1. The number of hydrogen-bond donors (Lipinski definition) is 0. The minimum atomic E-state index is 0.641. The van der Waals surface area contributed by atoms with E-state index in [9.17, 15) is 5.26 Å². The van der Waals surface area contributed by atoms with E-state index in [-0.39, 0.29) is 0 Å². The predicted octanol–water partition coefficient (Wildman–Crippen LogP) is 11.9. The number of pyridine rings is 2. The molecule has 4 heteroatoms. The number of nitrogens with zero attached hydrogens (tertiary/aromatic N) is 4. The number of benzene rings is 7. The van der Waals surface area contributed by atoms with Crippen LogP contribution in [0, 0.1) is 11.3 Å². The van der Waals surface area contributed by atoms with Gasteiger partial charge in [0.1, 0.15) is 0 Å². The van der Waals surface area contributed by atoms with E-state index in [1.807, 2.05) is 30.5 Å². The van der Waals surface area contributed by atoms with Gasteiger partial charge in [-0.2, -0.15) is 5.26 Å². The molecular formula is C47H28N4. The van der Waals surface area contributed by atoms with E-state index in [1.165, 1.54) is 16.3 Å². The highest BCUT2D eigenvalue weighted by molar-refractivity contribution is 6.22. The number of nitriles is 1. The molecule has 7 aromatic carbocycles. The molecule has 4 nitrogen and oxygen atoms in total. The molecule has 3 aromatic heterocycles. The lowest BCUT2D eigenvalue weighted by atomic mass is 9.87. The Labute approximate surface area is 294 Å². The highest BCUT2D eigenvalue weighted by atomic mass is 15.0. The number of fused-ring (bicyclic) bond motifs is 6. The second-order valence-corrected chi connectivity index (χ2v) is 12.9. The van der Waals surface area contributed by atoms with Gasteiger partial charge in [0.15, 0.2) is 0 Å². The van der Waals surface area contributed by atoms with Crippen molar-refractivity contribution >= 4 is 54.3 Å².